The Morgan fingerprint density at radius 2 is 1.95 bits per heavy atom. The fourth-order valence-corrected chi connectivity index (χ4v) is 2.41. The van der Waals surface area contributed by atoms with Gasteiger partial charge in [-0.2, -0.15) is 0 Å². The van der Waals surface area contributed by atoms with Gasteiger partial charge < -0.3 is 25.8 Å². The van der Waals surface area contributed by atoms with E-state index in [1.807, 2.05) is 0 Å². The zero-order chi connectivity index (χ0) is 13.8. The van der Waals surface area contributed by atoms with Crippen molar-refractivity contribution < 1.29 is 24.2 Å². The Morgan fingerprint density at radius 1 is 1.16 bits per heavy atom. The number of urea groups is 1. The second-order valence-electron chi connectivity index (χ2n) is 4.71. The number of hydrogen-bond acceptors (Lipinski definition) is 4. The van der Waals surface area contributed by atoms with Crippen molar-refractivity contribution in [2.45, 2.75) is 37.5 Å². The maximum atomic E-state index is 11.5. The van der Waals surface area contributed by atoms with Gasteiger partial charge in [-0.15, -0.1) is 0 Å². The maximum absolute atomic E-state index is 11.5. The fourth-order valence-electron chi connectivity index (χ4n) is 2.41. The number of carbonyl (C=O) groups is 3. The number of fused-ring (bicyclic) bond motifs is 2. The summed E-state index contributed by atoms with van der Waals surface area (Å²) in [6.45, 7) is -0.705. The smallest absolute Gasteiger partial charge is 0.322 e. The lowest BCUT2D eigenvalue weighted by molar-refractivity contribution is -0.137. The van der Waals surface area contributed by atoms with Crippen LogP contribution in [0.5, 0.6) is 0 Å². The predicted octanol–water partition coefficient (Wildman–Crippen LogP) is -1.19. The molecule has 2 bridgehead atoms. The summed E-state index contributed by atoms with van der Waals surface area (Å²) < 4.78 is 5.59. The molecule has 2 aliphatic heterocycles. The molecule has 0 saturated carbocycles. The molecule has 8 nitrogen and oxygen atoms in total. The minimum absolute atomic E-state index is 0.000769. The van der Waals surface area contributed by atoms with Crippen LogP contribution in [0.1, 0.15) is 19.3 Å². The molecule has 106 valence electrons. The molecule has 0 aromatic rings. The number of carboxylic acids is 1. The summed E-state index contributed by atoms with van der Waals surface area (Å²) in [4.78, 5) is 32.9. The second-order valence-corrected chi connectivity index (χ2v) is 4.71. The molecule has 4 N–H and O–H groups in total. The Labute approximate surface area is 109 Å². The molecule has 0 aromatic carbocycles. The van der Waals surface area contributed by atoms with E-state index in [-0.39, 0.29) is 24.8 Å². The lowest BCUT2D eigenvalue weighted by Crippen LogP contribution is -2.48. The molecule has 8 heteroatoms. The Morgan fingerprint density at radius 3 is 2.53 bits per heavy atom. The summed E-state index contributed by atoms with van der Waals surface area (Å²) in [5, 5.41) is 15.7. The predicted molar refractivity (Wildman–Crippen MR) is 63.5 cm³/mol. The highest BCUT2D eigenvalue weighted by atomic mass is 16.5. The molecular formula is C11H17N3O5. The summed E-state index contributed by atoms with van der Waals surface area (Å²) in [7, 11) is 0. The molecule has 2 aliphatic rings. The summed E-state index contributed by atoms with van der Waals surface area (Å²) in [6.07, 6.45) is 3.13. The SMILES string of the molecule is O=C(O)CNC(=O)CNC(=O)NC1CC2CCC1O2. The standard InChI is InChI=1S/C11H17N3O5/c15-9(12-5-10(16)17)4-13-11(18)14-7-3-6-1-2-8(7)19-6/h6-8H,1-5H2,(H,12,15)(H,16,17)(H2,13,14,18). The van der Waals surface area contributed by atoms with E-state index < -0.39 is 24.5 Å². The lowest BCUT2D eigenvalue weighted by atomic mass is 9.96. The van der Waals surface area contributed by atoms with E-state index in [2.05, 4.69) is 16.0 Å². The van der Waals surface area contributed by atoms with E-state index in [0.29, 0.717) is 0 Å². The van der Waals surface area contributed by atoms with Crippen molar-refractivity contribution in [3.05, 3.63) is 0 Å². The third-order valence-electron chi connectivity index (χ3n) is 3.27. The number of amides is 3. The summed E-state index contributed by atoms with van der Waals surface area (Å²) in [5.41, 5.74) is 0. The Balaban J connectivity index is 1.62. The quantitative estimate of drug-likeness (QED) is 0.501. The molecule has 0 aliphatic carbocycles. The first-order chi connectivity index (χ1) is 9.04. The molecule has 19 heavy (non-hydrogen) atoms. The highest BCUT2D eigenvalue weighted by Crippen LogP contribution is 2.34. The average Bonchev–Trinajstić information content (AvgIpc) is 2.96. The number of carbonyl (C=O) groups excluding carboxylic acids is 2. The minimum atomic E-state index is -1.13. The van der Waals surface area contributed by atoms with Crippen LogP contribution in [0.2, 0.25) is 0 Å². The fraction of sp³-hybridized carbons (Fsp3) is 0.727. The van der Waals surface area contributed by atoms with Crippen molar-refractivity contribution >= 4 is 17.9 Å². The third-order valence-corrected chi connectivity index (χ3v) is 3.27. The van der Waals surface area contributed by atoms with Crippen LogP contribution in [0, 0.1) is 0 Å². The Bertz CT molecular complexity index is 387. The number of aliphatic carboxylic acids is 1. The van der Waals surface area contributed by atoms with Crippen molar-refractivity contribution in [2.24, 2.45) is 0 Å². The van der Waals surface area contributed by atoms with Crippen molar-refractivity contribution in [1.29, 1.82) is 0 Å². The van der Waals surface area contributed by atoms with Gasteiger partial charge in [0.2, 0.25) is 5.91 Å². The molecule has 2 saturated heterocycles. The molecule has 3 amide bonds. The van der Waals surface area contributed by atoms with E-state index in [9.17, 15) is 14.4 Å². The molecule has 3 atom stereocenters. The van der Waals surface area contributed by atoms with Crippen molar-refractivity contribution in [3.8, 4) is 0 Å². The largest absolute Gasteiger partial charge is 0.480 e. The van der Waals surface area contributed by atoms with Gasteiger partial charge in [0.25, 0.3) is 0 Å². The van der Waals surface area contributed by atoms with Crippen molar-refractivity contribution in [1.82, 2.24) is 16.0 Å². The van der Waals surface area contributed by atoms with Crippen LogP contribution >= 0.6 is 0 Å². The van der Waals surface area contributed by atoms with Crippen LogP contribution in [-0.2, 0) is 14.3 Å². The van der Waals surface area contributed by atoms with Crippen LogP contribution in [0.4, 0.5) is 4.79 Å². The Hall–Kier alpha value is -1.83. The van der Waals surface area contributed by atoms with Gasteiger partial charge in [0, 0.05) is 0 Å². The summed E-state index contributed by atoms with van der Waals surface area (Å²) in [5.74, 6) is -1.67. The minimum Gasteiger partial charge on any atom is -0.480 e. The van der Waals surface area contributed by atoms with E-state index in [1.54, 1.807) is 0 Å². The van der Waals surface area contributed by atoms with Gasteiger partial charge >= 0.3 is 12.0 Å². The highest BCUT2D eigenvalue weighted by Gasteiger charge is 2.41. The van der Waals surface area contributed by atoms with Crippen LogP contribution in [0.3, 0.4) is 0 Å². The number of hydrogen-bond donors (Lipinski definition) is 4. The molecule has 2 heterocycles. The second kappa shape index (κ2) is 5.87. The molecular weight excluding hydrogens is 254 g/mol. The molecule has 0 radical (unpaired) electrons. The first-order valence-corrected chi connectivity index (χ1v) is 6.23. The van der Waals surface area contributed by atoms with Gasteiger partial charge in [0.1, 0.15) is 6.54 Å². The van der Waals surface area contributed by atoms with Crippen molar-refractivity contribution in [2.75, 3.05) is 13.1 Å². The maximum Gasteiger partial charge on any atom is 0.322 e. The number of nitrogens with one attached hydrogen (secondary N) is 3. The highest BCUT2D eigenvalue weighted by molar-refractivity contribution is 5.86. The molecule has 3 unspecified atom stereocenters. The first-order valence-electron chi connectivity index (χ1n) is 6.23. The number of rotatable bonds is 5. The van der Waals surface area contributed by atoms with Crippen molar-refractivity contribution in [3.63, 3.8) is 0 Å². The van der Waals surface area contributed by atoms with Gasteiger partial charge in [-0.05, 0) is 19.3 Å². The average molecular weight is 271 g/mol. The molecule has 0 spiro atoms. The molecule has 2 rings (SSSR count). The van der Waals surface area contributed by atoms with Gasteiger partial charge in [-0.25, -0.2) is 4.79 Å². The Kier molecular flexibility index (Phi) is 4.20. The number of ether oxygens (including phenoxy) is 1. The molecule has 2 fully saturated rings. The zero-order valence-corrected chi connectivity index (χ0v) is 10.3. The van der Waals surface area contributed by atoms with E-state index in [4.69, 9.17) is 9.84 Å². The third kappa shape index (κ3) is 3.82. The van der Waals surface area contributed by atoms with E-state index in [0.717, 1.165) is 19.3 Å². The number of carboxylic acid groups (broad SMARTS) is 1. The zero-order valence-electron chi connectivity index (χ0n) is 10.3. The monoisotopic (exact) mass is 271 g/mol. The van der Waals surface area contributed by atoms with Gasteiger partial charge in [-0.1, -0.05) is 0 Å². The van der Waals surface area contributed by atoms with Crippen LogP contribution in [0.15, 0.2) is 0 Å². The summed E-state index contributed by atoms with van der Waals surface area (Å²) in [6, 6.07) is -0.438. The van der Waals surface area contributed by atoms with Gasteiger partial charge in [0.15, 0.2) is 0 Å². The van der Waals surface area contributed by atoms with E-state index >= 15 is 0 Å². The normalized spacial score (nSPS) is 27.9. The lowest BCUT2D eigenvalue weighted by Gasteiger charge is -2.20. The van der Waals surface area contributed by atoms with Gasteiger partial charge in [-0.3, -0.25) is 9.59 Å². The van der Waals surface area contributed by atoms with Crippen LogP contribution < -0.4 is 16.0 Å². The van der Waals surface area contributed by atoms with E-state index in [1.165, 1.54) is 0 Å². The molecule has 0 aromatic heterocycles. The first kappa shape index (κ1) is 13.6. The van der Waals surface area contributed by atoms with Gasteiger partial charge in [0.05, 0.1) is 24.8 Å². The van der Waals surface area contributed by atoms with Crippen LogP contribution in [0.25, 0.3) is 0 Å². The topological polar surface area (TPSA) is 117 Å². The summed E-state index contributed by atoms with van der Waals surface area (Å²) >= 11 is 0. The van der Waals surface area contributed by atoms with Crippen LogP contribution in [-0.4, -0.2) is 54.4 Å².